The monoisotopic (exact) mass is 498 g/mol. The summed E-state index contributed by atoms with van der Waals surface area (Å²) in [6.07, 6.45) is -0.333. The summed E-state index contributed by atoms with van der Waals surface area (Å²) in [6, 6.07) is 3.64. The van der Waals surface area contributed by atoms with Crippen LogP contribution in [0.1, 0.15) is 31.9 Å². The second kappa shape index (κ2) is 7.87. The first kappa shape index (κ1) is 21.2. The molecule has 0 aliphatic carbocycles. The van der Waals surface area contributed by atoms with Gasteiger partial charge in [0.2, 0.25) is 0 Å². The molecule has 0 radical (unpaired) electrons. The van der Waals surface area contributed by atoms with Gasteiger partial charge in [-0.15, -0.1) is 3.89 Å². The average molecular weight is 498 g/mol. The first-order valence-electron chi connectivity index (χ1n) is 8.30. The molecule has 1 aliphatic rings. The van der Waals surface area contributed by atoms with Gasteiger partial charge in [-0.2, -0.15) is 8.42 Å². The summed E-state index contributed by atoms with van der Waals surface area (Å²) < 4.78 is 41.5. The maximum absolute atomic E-state index is 13.1. The maximum Gasteiger partial charge on any atom is 0.410 e. The zero-order valence-electron chi connectivity index (χ0n) is 15.4. The van der Waals surface area contributed by atoms with Crippen molar-refractivity contribution in [1.29, 1.82) is 0 Å². The molecule has 1 saturated heterocycles. The van der Waals surface area contributed by atoms with Gasteiger partial charge < -0.3 is 14.5 Å². The van der Waals surface area contributed by atoms with Crippen molar-refractivity contribution >= 4 is 44.6 Å². The van der Waals surface area contributed by atoms with E-state index in [1.165, 1.54) is 0 Å². The molecule has 146 valence electrons. The minimum atomic E-state index is -4.59. The lowest BCUT2D eigenvalue weighted by Crippen LogP contribution is -2.50. The normalized spacial score (nSPS) is 15.9. The van der Waals surface area contributed by atoms with E-state index in [1.807, 2.05) is 26.8 Å². The number of hydrogen-bond donors (Lipinski definition) is 0. The van der Waals surface area contributed by atoms with Crippen LogP contribution in [0.3, 0.4) is 0 Å². The number of nitrogens with zero attached hydrogens (tertiary/aromatic N) is 2. The van der Waals surface area contributed by atoms with Gasteiger partial charge in [-0.1, -0.05) is 0 Å². The molecule has 0 aromatic heterocycles. The lowest BCUT2D eigenvalue weighted by Gasteiger charge is -2.37. The van der Waals surface area contributed by atoms with Crippen molar-refractivity contribution in [3.8, 4) is 0 Å². The maximum atomic E-state index is 13.1. The highest BCUT2D eigenvalue weighted by Crippen LogP contribution is 2.29. The summed E-state index contributed by atoms with van der Waals surface area (Å²) in [7, 11) is -4.59. The fourth-order valence-electron chi connectivity index (χ4n) is 2.84. The summed E-state index contributed by atoms with van der Waals surface area (Å²) in [6.45, 7) is 9.51. The number of rotatable bonds is 3. The Morgan fingerprint density at radius 2 is 1.81 bits per heavy atom. The van der Waals surface area contributed by atoms with E-state index in [2.05, 4.69) is 27.5 Å². The Kier molecular flexibility index (Phi) is 6.42. The molecule has 0 spiro atoms. The van der Waals surface area contributed by atoms with Crippen LogP contribution < -0.4 is 4.90 Å². The van der Waals surface area contributed by atoms with E-state index in [1.54, 1.807) is 17.9 Å². The topological polar surface area (TPSA) is 66.9 Å². The van der Waals surface area contributed by atoms with Gasteiger partial charge in [0, 0.05) is 35.4 Å². The first-order chi connectivity index (χ1) is 11.9. The van der Waals surface area contributed by atoms with E-state index >= 15 is 0 Å². The molecule has 2 rings (SSSR count). The SMILES string of the molecule is Cc1c(CS(=O)(=O)F)cc(I)cc1N1CCN(C(=O)OC(C)(C)C)CC1. The van der Waals surface area contributed by atoms with Gasteiger partial charge in [0.15, 0.2) is 0 Å². The summed E-state index contributed by atoms with van der Waals surface area (Å²) in [5, 5.41) is 0. The molecule has 0 saturated carbocycles. The van der Waals surface area contributed by atoms with Crippen molar-refractivity contribution in [1.82, 2.24) is 4.90 Å². The number of amides is 1. The number of ether oxygens (including phenoxy) is 1. The van der Waals surface area contributed by atoms with Gasteiger partial charge in [0.05, 0.1) is 0 Å². The highest BCUT2D eigenvalue weighted by Gasteiger charge is 2.27. The molecule has 0 atom stereocenters. The lowest BCUT2D eigenvalue weighted by molar-refractivity contribution is 0.0240. The van der Waals surface area contributed by atoms with Crippen molar-refractivity contribution in [2.24, 2.45) is 0 Å². The van der Waals surface area contributed by atoms with Crippen molar-refractivity contribution in [2.75, 3.05) is 31.1 Å². The zero-order valence-corrected chi connectivity index (χ0v) is 18.4. The van der Waals surface area contributed by atoms with E-state index in [0.717, 1.165) is 14.8 Å². The lowest BCUT2D eigenvalue weighted by atomic mass is 10.1. The van der Waals surface area contributed by atoms with Gasteiger partial charge in [0.1, 0.15) is 11.4 Å². The molecular formula is C17H24FIN2O4S. The Hall–Kier alpha value is -1.10. The number of halogens is 2. The molecular weight excluding hydrogens is 474 g/mol. The Bertz CT molecular complexity index is 785. The van der Waals surface area contributed by atoms with E-state index in [-0.39, 0.29) is 6.09 Å². The third kappa shape index (κ3) is 5.97. The van der Waals surface area contributed by atoms with Crippen LogP contribution in [0.25, 0.3) is 0 Å². The number of carbonyl (C=O) groups is 1. The molecule has 1 heterocycles. The Morgan fingerprint density at radius 3 is 2.31 bits per heavy atom. The van der Waals surface area contributed by atoms with Crippen LogP contribution in [0.4, 0.5) is 14.4 Å². The van der Waals surface area contributed by atoms with Crippen molar-refractivity contribution < 1.29 is 21.8 Å². The largest absolute Gasteiger partial charge is 0.444 e. The molecule has 1 aliphatic heterocycles. The summed E-state index contributed by atoms with van der Waals surface area (Å²) >= 11 is 2.10. The van der Waals surface area contributed by atoms with Gasteiger partial charge in [-0.3, -0.25) is 0 Å². The molecule has 6 nitrogen and oxygen atoms in total. The minimum absolute atomic E-state index is 0.333. The number of hydrogen-bond acceptors (Lipinski definition) is 5. The Labute approximate surface area is 168 Å². The van der Waals surface area contributed by atoms with Crippen LogP contribution in [-0.2, 0) is 20.7 Å². The Balaban J connectivity index is 2.13. The molecule has 26 heavy (non-hydrogen) atoms. The number of carbonyl (C=O) groups excluding carboxylic acids is 1. The smallest absolute Gasteiger partial charge is 0.410 e. The second-order valence-corrected chi connectivity index (χ2v) is 9.96. The third-order valence-electron chi connectivity index (χ3n) is 4.05. The predicted octanol–water partition coefficient (Wildman–Crippen LogP) is 3.46. The fourth-order valence-corrected chi connectivity index (χ4v) is 4.18. The highest BCUT2D eigenvalue weighted by atomic mass is 127. The van der Waals surface area contributed by atoms with E-state index in [9.17, 15) is 17.1 Å². The molecule has 0 unspecified atom stereocenters. The zero-order chi connectivity index (χ0) is 19.7. The molecule has 1 aromatic rings. The first-order valence-corrected chi connectivity index (χ1v) is 10.9. The van der Waals surface area contributed by atoms with E-state index in [4.69, 9.17) is 4.74 Å². The molecule has 9 heteroatoms. The van der Waals surface area contributed by atoms with Gasteiger partial charge in [-0.25, -0.2) is 4.79 Å². The molecule has 1 amide bonds. The standard InChI is InChI=1S/C17H24FIN2O4S/c1-12-13(11-26(18,23)24)9-14(19)10-15(12)20-5-7-21(8-6-20)16(22)25-17(2,3)4/h9-10H,5-8,11H2,1-4H3. The van der Waals surface area contributed by atoms with Crippen molar-refractivity contribution in [3.63, 3.8) is 0 Å². The minimum Gasteiger partial charge on any atom is -0.444 e. The van der Waals surface area contributed by atoms with Gasteiger partial charge >= 0.3 is 16.3 Å². The molecule has 1 fully saturated rings. The van der Waals surface area contributed by atoms with Crippen LogP contribution >= 0.6 is 22.6 Å². The third-order valence-corrected chi connectivity index (χ3v) is 5.33. The summed E-state index contributed by atoms with van der Waals surface area (Å²) in [5.41, 5.74) is 1.55. The quantitative estimate of drug-likeness (QED) is 0.472. The summed E-state index contributed by atoms with van der Waals surface area (Å²) in [5.74, 6) is -0.624. The number of anilines is 1. The van der Waals surface area contributed by atoms with Crippen molar-refractivity contribution in [3.05, 3.63) is 26.8 Å². The number of benzene rings is 1. The molecule has 0 N–H and O–H groups in total. The summed E-state index contributed by atoms with van der Waals surface area (Å²) in [4.78, 5) is 15.9. The second-order valence-electron chi connectivity index (χ2n) is 7.35. The number of piperazine rings is 1. The predicted molar refractivity (Wildman–Crippen MR) is 108 cm³/mol. The highest BCUT2D eigenvalue weighted by molar-refractivity contribution is 14.1. The van der Waals surface area contributed by atoms with Gasteiger partial charge in [-0.05, 0) is 73.5 Å². The Morgan fingerprint density at radius 1 is 1.23 bits per heavy atom. The van der Waals surface area contributed by atoms with E-state index in [0.29, 0.717) is 31.7 Å². The van der Waals surface area contributed by atoms with Crippen LogP contribution in [0.5, 0.6) is 0 Å². The molecule has 0 bridgehead atoms. The fraction of sp³-hybridized carbons (Fsp3) is 0.588. The van der Waals surface area contributed by atoms with Crippen LogP contribution in [0, 0.1) is 10.5 Å². The average Bonchev–Trinajstić information content (AvgIpc) is 2.47. The van der Waals surface area contributed by atoms with Crippen LogP contribution in [0.2, 0.25) is 0 Å². The van der Waals surface area contributed by atoms with Crippen LogP contribution in [-0.4, -0.2) is 51.2 Å². The van der Waals surface area contributed by atoms with Crippen molar-refractivity contribution in [2.45, 2.75) is 39.0 Å². The van der Waals surface area contributed by atoms with Gasteiger partial charge in [0.25, 0.3) is 0 Å². The van der Waals surface area contributed by atoms with E-state index < -0.39 is 21.6 Å². The molecule has 1 aromatic carbocycles. The van der Waals surface area contributed by atoms with Crippen LogP contribution in [0.15, 0.2) is 12.1 Å².